The fourth-order valence-corrected chi connectivity index (χ4v) is 4.53. The van der Waals surface area contributed by atoms with Crippen LogP contribution in [0.1, 0.15) is 33.0 Å². The van der Waals surface area contributed by atoms with E-state index in [1.165, 1.54) is 11.3 Å². The molecule has 0 bridgehead atoms. The van der Waals surface area contributed by atoms with Crippen molar-refractivity contribution in [2.45, 2.75) is 25.9 Å². The molecule has 166 valence electrons. The summed E-state index contributed by atoms with van der Waals surface area (Å²) in [6, 6.07) is 16.5. The molecule has 0 aliphatic carbocycles. The lowest BCUT2D eigenvalue weighted by Crippen LogP contribution is -2.41. The number of pyridine rings is 1. The molecule has 1 saturated heterocycles. The number of amides is 1. The van der Waals surface area contributed by atoms with Gasteiger partial charge in [0.05, 0.1) is 25.5 Å². The molecule has 7 heteroatoms. The summed E-state index contributed by atoms with van der Waals surface area (Å²) in [5.74, 6) is 0.0224. The molecule has 1 fully saturated rings. The van der Waals surface area contributed by atoms with E-state index in [9.17, 15) is 4.79 Å². The molecule has 1 amide bonds. The van der Waals surface area contributed by atoms with E-state index < -0.39 is 0 Å². The monoisotopic (exact) mass is 431 g/mol. The minimum Gasteiger partial charge on any atom is -0.378 e. The molecule has 5 rings (SSSR count). The van der Waals surface area contributed by atoms with Crippen LogP contribution in [0, 0.1) is 0 Å². The second-order valence-electron chi connectivity index (χ2n) is 8.42. The van der Waals surface area contributed by atoms with E-state index in [1.807, 2.05) is 27.8 Å². The minimum atomic E-state index is 0.0224. The number of ether oxygens (including phenoxy) is 1. The van der Waals surface area contributed by atoms with E-state index >= 15 is 0 Å². The summed E-state index contributed by atoms with van der Waals surface area (Å²) >= 11 is 0. The van der Waals surface area contributed by atoms with Gasteiger partial charge in [0.2, 0.25) is 0 Å². The van der Waals surface area contributed by atoms with Crippen LogP contribution < -0.4 is 0 Å². The predicted octanol–water partition coefficient (Wildman–Crippen LogP) is 2.40. The minimum absolute atomic E-state index is 0.0224. The smallest absolute Gasteiger partial charge is 0.274 e. The molecule has 0 radical (unpaired) electrons. The molecule has 4 heterocycles. The SMILES string of the molecule is O=C(c1nn(Cc2ccccn2)c2c1CN(CCc1ccccc1)CC2)N1CCOCC1. The highest BCUT2D eigenvalue weighted by atomic mass is 16.5. The van der Waals surface area contributed by atoms with Gasteiger partial charge in [-0.2, -0.15) is 5.10 Å². The highest BCUT2D eigenvalue weighted by molar-refractivity contribution is 5.94. The molecule has 2 aliphatic heterocycles. The molecule has 0 unspecified atom stereocenters. The Morgan fingerprint density at radius 1 is 1.00 bits per heavy atom. The summed E-state index contributed by atoms with van der Waals surface area (Å²) < 4.78 is 7.44. The normalized spacial score (nSPS) is 16.7. The standard InChI is InChI=1S/C25H29N5O2/c31-25(29-14-16-32-17-15-29)24-22-19-28(12-9-20-6-2-1-3-7-20)13-10-23(22)30(27-24)18-21-8-4-5-11-26-21/h1-8,11H,9-10,12-19H2. The lowest BCUT2D eigenvalue weighted by atomic mass is 10.0. The molecule has 1 aromatic carbocycles. The second kappa shape index (κ2) is 9.63. The third kappa shape index (κ3) is 4.59. The van der Waals surface area contributed by atoms with Crippen LogP contribution in [0.3, 0.4) is 0 Å². The van der Waals surface area contributed by atoms with Crippen molar-refractivity contribution in [1.29, 1.82) is 0 Å². The van der Waals surface area contributed by atoms with E-state index in [-0.39, 0.29) is 5.91 Å². The van der Waals surface area contributed by atoms with Crippen molar-refractivity contribution in [2.24, 2.45) is 0 Å². The maximum atomic E-state index is 13.4. The average Bonchev–Trinajstić information content (AvgIpc) is 3.21. The number of nitrogens with zero attached hydrogens (tertiary/aromatic N) is 5. The maximum Gasteiger partial charge on any atom is 0.274 e. The summed E-state index contributed by atoms with van der Waals surface area (Å²) in [7, 11) is 0. The Kier molecular flexibility index (Phi) is 6.27. The maximum absolute atomic E-state index is 13.4. The van der Waals surface area contributed by atoms with Gasteiger partial charge in [-0.15, -0.1) is 0 Å². The van der Waals surface area contributed by atoms with E-state index in [1.54, 1.807) is 6.20 Å². The van der Waals surface area contributed by atoms with E-state index in [0.29, 0.717) is 38.5 Å². The van der Waals surface area contributed by atoms with Gasteiger partial charge in [0.15, 0.2) is 5.69 Å². The van der Waals surface area contributed by atoms with Gasteiger partial charge in [0, 0.05) is 56.6 Å². The Balaban J connectivity index is 1.39. The van der Waals surface area contributed by atoms with Gasteiger partial charge in [0.25, 0.3) is 5.91 Å². The Bertz CT molecular complexity index is 1040. The number of rotatable bonds is 6. The van der Waals surface area contributed by atoms with Crippen molar-refractivity contribution in [3.63, 3.8) is 0 Å². The van der Waals surface area contributed by atoms with Crippen LogP contribution in [0.5, 0.6) is 0 Å². The molecule has 0 atom stereocenters. The molecule has 3 aromatic rings. The molecular weight excluding hydrogens is 402 g/mol. The number of aromatic nitrogens is 3. The van der Waals surface area contributed by atoms with Gasteiger partial charge < -0.3 is 9.64 Å². The van der Waals surface area contributed by atoms with Crippen molar-refractivity contribution in [2.75, 3.05) is 39.4 Å². The summed E-state index contributed by atoms with van der Waals surface area (Å²) in [6.45, 7) is 5.72. The lowest BCUT2D eigenvalue weighted by Gasteiger charge is -2.29. The largest absolute Gasteiger partial charge is 0.378 e. The zero-order chi connectivity index (χ0) is 21.8. The van der Waals surface area contributed by atoms with Crippen molar-refractivity contribution < 1.29 is 9.53 Å². The van der Waals surface area contributed by atoms with Gasteiger partial charge in [-0.3, -0.25) is 19.4 Å². The molecule has 7 nitrogen and oxygen atoms in total. The van der Waals surface area contributed by atoms with Gasteiger partial charge in [-0.1, -0.05) is 36.4 Å². The van der Waals surface area contributed by atoms with Crippen LogP contribution in [-0.2, 0) is 30.7 Å². The third-order valence-electron chi connectivity index (χ3n) is 6.31. The first-order chi connectivity index (χ1) is 15.8. The fraction of sp³-hybridized carbons (Fsp3) is 0.400. The van der Waals surface area contributed by atoms with Gasteiger partial charge in [-0.25, -0.2) is 0 Å². The van der Waals surface area contributed by atoms with Crippen molar-refractivity contribution in [1.82, 2.24) is 24.6 Å². The summed E-state index contributed by atoms with van der Waals surface area (Å²) in [4.78, 5) is 22.2. The molecule has 2 aromatic heterocycles. The summed E-state index contributed by atoms with van der Waals surface area (Å²) in [5.41, 5.74) is 5.14. The predicted molar refractivity (Wildman–Crippen MR) is 121 cm³/mol. The zero-order valence-corrected chi connectivity index (χ0v) is 18.3. The van der Waals surface area contributed by atoms with Gasteiger partial charge in [-0.05, 0) is 24.1 Å². The first kappa shape index (κ1) is 20.8. The molecular formula is C25H29N5O2. The Morgan fingerprint density at radius 3 is 2.59 bits per heavy atom. The molecule has 0 spiro atoms. The van der Waals surface area contributed by atoms with Crippen molar-refractivity contribution in [3.05, 3.63) is 82.9 Å². The van der Waals surface area contributed by atoms with Crippen LogP contribution in [0.2, 0.25) is 0 Å². The van der Waals surface area contributed by atoms with Crippen LogP contribution >= 0.6 is 0 Å². The number of carbonyl (C=O) groups excluding carboxylic acids is 1. The van der Waals surface area contributed by atoms with Gasteiger partial charge in [0.1, 0.15) is 0 Å². The average molecular weight is 432 g/mol. The number of carbonyl (C=O) groups is 1. The van der Waals surface area contributed by atoms with Crippen molar-refractivity contribution in [3.8, 4) is 0 Å². The fourth-order valence-electron chi connectivity index (χ4n) is 4.53. The number of hydrogen-bond acceptors (Lipinski definition) is 5. The Labute approximate surface area is 188 Å². The van der Waals surface area contributed by atoms with Crippen LogP contribution in [0.15, 0.2) is 54.7 Å². The summed E-state index contributed by atoms with van der Waals surface area (Å²) in [5, 5.41) is 4.83. The molecule has 0 N–H and O–H groups in total. The van der Waals surface area contributed by atoms with E-state index in [4.69, 9.17) is 9.84 Å². The quantitative estimate of drug-likeness (QED) is 0.600. The third-order valence-corrected chi connectivity index (χ3v) is 6.31. The number of morpholine rings is 1. The number of fused-ring (bicyclic) bond motifs is 1. The Morgan fingerprint density at radius 2 is 1.81 bits per heavy atom. The van der Waals surface area contributed by atoms with Crippen LogP contribution in [-0.4, -0.2) is 69.9 Å². The molecule has 2 aliphatic rings. The molecule has 0 saturated carbocycles. The molecule has 32 heavy (non-hydrogen) atoms. The van der Waals surface area contributed by atoms with E-state index in [0.717, 1.165) is 43.7 Å². The Hall–Kier alpha value is -3.03. The second-order valence-corrected chi connectivity index (χ2v) is 8.42. The van der Waals surface area contributed by atoms with Gasteiger partial charge >= 0.3 is 0 Å². The van der Waals surface area contributed by atoms with Crippen LogP contribution in [0.25, 0.3) is 0 Å². The highest BCUT2D eigenvalue weighted by Gasteiger charge is 2.31. The van der Waals surface area contributed by atoms with Crippen LogP contribution in [0.4, 0.5) is 0 Å². The number of hydrogen-bond donors (Lipinski definition) is 0. The van der Waals surface area contributed by atoms with E-state index in [2.05, 4.69) is 40.2 Å². The first-order valence-electron chi connectivity index (χ1n) is 11.4. The van der Waals surface area contributed by atoms with Crippen molar-refractivity contribution >= 4 is 5.91 Å². The lowest BCUT2D eigenvalue weighted by molar-refractivity contribution is 0.0297. The highest BCUT2D eigenvalue weighted by Crippen LogP contribution is 2.25. The summed E-state index contributed by atoms with van der Waals surface area (Å²) in [6.07, 6.45) is 3.70. The number of benzene rings is 1. The zero-order valence-electron chi connectivity index (χ0n) is 18.3. The topological polar surface area (TPSA) is 63.5 Å². The first-order valence-corrected chi connectivity index (χ1v) is 11.4.